The molecule has 1 fully saturated rings. The van der Waals surface area contributed by atoms with Crippen molar-refractivity contribution in [3.63, 3.8) is 0 Å². The topological polar surface area (TPSA) is 92.9 Å². The maximum Gasteiger partial charge on any atom is 0.254 e. The third-order valence-electron chi connectivity index (χ3n) is 3.90. The van der Waals surface area contributed by atoms with E-state index in [-0.39, 0.29) is 12.5 Å². The number of morpholine rings is 1. The molecule has 0 radical (unpaired) electrons. The monoisotopic (exact) mass is 320 g/mol. The van der Waals surface area contributed by atoms with E-state index in [0.29, 0.717) is 25.1 Å². The predicted octanol–water partition coefficient (Wildman–Crippen LogP) is 0.716. The molecule has 1 aliphatic heterocycles. The molecule has 0 spiro atoms. The first-order valence-corrected chi connectivity index (χ1v) is 7.78. The molecule has 6 heteroatoms. The SMILES string of the molecule is CC(C)(O)CCc1ccc(C(=O)N2CCOC(C(N)=O)C2)cc1. The molecule has 23 heavy (non-hydrogen) atoms. The summed E-state index contributed by atoms with van der Waals surface area (Å²) in [6.45, 7) is 4.50. The van der Waals surface area contributed by atoms with Gasteiger partial charge in [-0.05, 0) is 44.4 Å². The van der Waals surface area contributed by atoms with E-state index in [1.807, 2.05) is 12.1 Å². The van der Waals surface area contributed by atoms with Crippen LogP contribution in [0.1, 0.15) is 36.2 Å². The van der Waals surface area contributed by atoms with E-state index in [1.54, 1.807) is 30.9 Å². The first-order chi connectivity index (χ1) is 10.8. The fourth-order valence-electron chi connectivity index (χ4n) is 2.45. The number of carbonyl (C=O) groups is 2. The summed E-state index contributed by atoms with van der Waals surface area (Å²) < 4.78 is 5.25. The van der Waals surface area contributed by atoms with Crippen molar-refractivity contribution >= 4 is 11.8 Å². The number of hydrogen-bond acceptors (Lipinski definition) is 4. The minimum absolute atomic E-state index is 0.131. The zero-order valence-electron chi connectivity index (χ0n) is 13.6. The number of nitrogens with zero attached hydrogens (tertiary/aromatic N) is 1. The Kier molecular flexibility index (Phi) is 5.38. The molecule has 1 atom stereocenters. The second kappa shape index (κ2) is 7.10. The molecule has 1 heterocycles. The molecule has 3 N–H and O–H groups in total. The van der Waals surface area contributed by atoms with Gasteiger partial charge in [-0.1, -0.05) is 12.1 Å². The van der Waals surface area contributed by atoms with Crippen LogP contribution in [0.2, 0.25) is 0 Å². The van der Waals surface area contributed by atoms with Gasteiger partial charge in [-0.3, -0.25) is 9.59 Å². The first kappa shape index (κ1) is 17.4. The second-order valence-electron chi connectivity index (χ2n) is 6.52. The summed E-state index contributed by atoms with van der Waals surface area (Å²) in [5.41, 5.74) is 6.17. The lowest BCUT2D eigenvalue weighted by molar-refractivity contribution is -0.133. The summed E-state index contributed by atoms with van der Waals surface area (Å²) in [5.74, 6) is -0.682. The van der Waals surface area contributed by atoms with Crippen LogP contribution in [-0.4, -0.2) is 53.2 Å². The van der Waals surface area contributed by atoms with Crippen molar-refractivity contribution in [2.75, 3.05) is 19.7 Å². The molecule has 0 aromatic heterocycles. The number of rotatable bonds is 5. The molecule has 0 aliphatic carbocycles. The maximum atomic E-state index is 12.5. The van der Waals surface area contributed by atoms with Crippen LogP contribution in [0.4, 0.5) is 0 Å². The van der Waals surface area contributed by atoms with Crippen LogP contribution in [0.25, 0.3) is 0 Å². The zero-order chi connectivity index (χ0) is 17.0. The summed E-state index contributed by atoms with van der Waals surface area (Å²) in [6.07, 6.45) is 0.669. The first-order valence-electron chi connectivity index (χ1n) is 7.78. The fraction of sp³-hybridized carbons (Fsp3) is 0.529. The standard InChI is InChI=1S/C17H24N2O4/c1-17(2,22)8-7-12-3-5-13(6-4-12)16(21)19-9-10-23-14(11-19)15(18)20/h3-6,14,22H,7-11H2,1-2H3,(H2,18,20). The van der Waals surface area contributed by atoms with E-state index >= 15 is 0 Å². The molecule has 2 rings (SSSR count). The fourth-order valence-corrected chi connectivity index (χ4v) is 2.45. The van der Waals surface area contributed by atoms with Gasteiger partial charge in [-0.25, -0.2) is 0 Å². The zero-order valence-corrected chi connectivity index (χ0v) is 13.6. The van der Waals surface area contributed by atoms with Crippen LogP contribution in [0, 0.1) is 0 Å². The van der Waals surface area contributed by atoms with E-state index in [4.69, 9.17) is 10.5 Å². The highest BCUT2D eigenvalue weighted by molar-refractivity contribution is 5.94. The second-order valence-corrected chi connectivity index (χ2v) is 6.52. The Morgan fingerprint density at radius 2 is 2.00 bits per heavy atom. The highest BCUT2D eigenvalue weighted by atomic mass is 16.5. The number of nitrogens with two attached hydrogens (primary N) is 1. The molecule has 1 unspecified atom stereocenters. The average molecular weight is 320 g/mol. The van der Waals surface area contributed by atoms with Gasteiger partial charge in [0.05, 0.1) is 18.8 Å². The minimum Gasteiger partial charge on any atom is -0.390 e. The van der Waals surface area contributed by atoms with Crippen LogP contribution in [0.3, 0.4) is 0 Å². The lowest BCUT2D eigenvalue weighted by atomic mass is 9.98. The number of ether oxygens (including phenoxy) is 1. The number of amides is 2. The molecule has 0 bridgehead atoms. The maximum absolute atomic E-state index is 12.5. The normalized spacial score (nSPS) is 18.7. The van der Waals surface area contributed by atoms with Crippen molar-refractivity contribution in [2.45, 2.75) is 38.4 Å². The molecule has 1 aromatic rings. The van der Waals surface area contributed by atoms with Crippen molar-refractivity contribution in [1.29, 1.82) is 0 Å². The van der Waals surface area contributed by atoms with E-state index in [1.165, 1.54) is 0 Å². The lowest BCUT2D eigenvalue weighted by Gasteiger charge is -2.31. The Morgan fingerprint density at radius 3 is 2.57 bits per heavy atom. The van der Waals surface area contributed by atoms with Crippen LogP contribution in [-0.2, 0) is 16.0 Å². The van der Waals surface area contributed by atoms with E-state index in [0.717, 1.165) is 12.0 Å². The van der Waals surface area contributed by atoms with Gasteiger partial charge < -0.3 is 20.5 Å². The number of benzene rings is 1. The molecular weight excluding hydrogens is 296 g/mol. The number of primary amides is 1. The highest BCUT2D eigenvalue weighted by Gasteiger charge is 2.28. The highest BCUT2D eigenvalue weighted by Crippen LogP contribution is 2.15. The van der Waals surface area contributed by atoms with Crippen molar-refractivity contribution in [3.8, 4) is 0 Å². The molecule has 1 saturated heterocycles. The van der Waals surface area contributed by atoms with E-state index in [9.17, 15) is 14.7 Å². The lowest BCUT2D eigenvalue weighted by Crippen LogP contribution is -2.50. The molecule has 1 aromatic carbocycles. The van der Waals surface area contributed by atoms with E-state index < -0.39 is 17.6 Å². The number of aliphatic hydroxyl groups is 1. The largest absolute Gasteiger partial charge is 0.390 e. The molecule has 1 aliphatic rings. The van der Waals surface area contributed by atoms with Gasteiger partial charge in [0, 0.05) is 12.1 Å². The molecule has 2 amide bonds. The van der Waals surface area contributed by atoms with Crippen LogP contribution >= 0.6 is 0 Å². The van der Waals surface area contributed by atoms with Gasteiger partial charge in [-0.2, -0.15) is 0 Å². The summed E-state index contributed by atoms with van der Waals surface area (Å²) in [4.78, 5) is 25.3. The molecular formula is C17H24N2O4. The Labute approximate surface area is 136 Å². The quantitative estimate of drug-likeness (QED) is 0.836. The van der Waals surface area contributed by atoms with Crippen molar-refractivity contribution in [2.24, 2.45) is 5.73 Å². The van der Waals surface area contributed by atoms with Crippen molar-refractivity contribution in [3.05, 3.63) is 35.4 Å². The van der Waals surface area contributed by atoms with Gasteiger partial charge >= 0.3 is 0 Å². The third kappa shape index (κ3) is 5.04. The van der Waals surface area contributed by atoms with E-state index in [2.05, 4.69) is 0 Å². The molecule has 126 valence electrons. The average Bonchev–Trinajstić information content (AvgIpc) is 2.52. The van der Waals surface area contributed by atoms with Gasteiger partial charge in [0.15, 0.2) is 6.10 Å². The Morgan fingerprint density at radius 1 is 1.35 bits per heavy atom. The van der Waals surface area contributed by atoms with Crippen LogP contribution in [0.5, 0.6) is 0 Å². The number of carbonyl (C=O) groups excluding carboxylic acids is 2. The Balaban J connectivity index is 1.98. The Bertz CT molecular complexity index is 563. The predicted molar refractivity (Wildman–Crippen MR) is 85.9 cm³/mol. The van der Waals surface area contributed by atoms with Crippen molar-refractivity contribution < 1.29 is 19.4 Å². The number of aryl methyl sites for hydroxylation is 1. The summed E-state index contributed by atoms with van der Waals surface area (Å²) in [7, 11) is 0. The number of hydrogen-bond donors (Lipinski definition) is 2. The van der Waals surface area contributed by atoms with Crippen molar-refractivity contribution in [1.82, 2.24) is 4.90 Å². The summed E-state index contributed by atoms with van der Waals surface area (Å²) in [5, 5.41) is 9.75. The molecule has 6 nitrogen and oxygen atoms in total. The smallest absolute Gasteiger partial charge is 0.254 e. The van der Waals surface area contributed by atoms with Crippen LogP contribution < -0.4 is 5.73 Å². The molecule has 0 saturated carbocycles. The van der Waals surface area contributed by atoms with Gasteiger partial charge in [0.1, 0.15) is 0 Å². The van der Waals surface area contributed by atoms with Crippen LogP contribution in [0.15, 0.2) is 24.3 Å². The summed E-state index contributed by atoms with van der Waals surface area (Å²) >= 11 is 0. The van der Waals surface area contributed by atoms with Gasteiger partial charge in [-0.15, -0.1) is 0 Å². The van der Waals surface area contributed by atoms with Gasteiger partial charge in [0.2, 0.25) is 5.91 Å². The minimum atomic E-state index is -0.737. The Hall–Kier alpha value is -1.92. The third-order valence-corrected chi connectivity index (χ3v) is 3.90. The van der Waals surface area contributed by atoms with Gasteiger partial charge in [0.25, 0.3) is 5.91 Å². The summed E-state index contributed by atoms with van der Waals surface area (Å²) in [6, 6.07) is 7.34.